The summed E-state index contributed by atoms with van der Waals surface area (Å²) in [5.41, 5.74) is 0.885. The molecule has 4 N–H and O–H groups in total. The van der Waals surface area contributed by atoms with E-state index >= 15 is 0 Å². The van der Waals surface area contributed by atoms with Gasteiger partial charge in [-0.2, -0.15) is 18.2 Å². The first kappa shape index (κ1) is 14.3. The zero-order valence-electron chi connectivity index (χ0n) is 10.4. The molecule has 0 radical (unpaired) electrons. The molecule has 1 fully saturated rings. The molecule has 7 nitrogen and oxygen atoms in total. The van der Waals surface area contributed by atoms with Crippen molar-refractivity contribution in [3.63, 3.8) is 0 Å². The summed E-state index contributed by atoms with van der Waals surface area (Å²) in [6.07, 6.45) is -4.00. The molecule has 1 aliphatic heterocycles. The fourth-order valence-corrected chi connectivity index (χ4v) is 1.81. The van der Waals surface area contributed by atoms with Crippen molar-refractivity contribution in [3.05, 3.63) is 11.8 Å². The highest BCUT2D eigenvalue weighted by atomic mass is 19.4. The Bertz CT molecular complexity index is 506. The van der Waals surface area contributed by atoms with Crippen LogP contribution in [0.5, 0.6) is 0 Å². The topological polar surface area (TPSA) is 96.2 Å². The minimum atomic E-state index is -4.61. The van der Waals surface area contributed by atoms with E-state index in [4.69, 9.17) is 5.84 Å². The summed E-state index contributed by atoms with van der Waals surface area (Å²) in [6, 6.07) is 0.805. The van der Waals surface area contributed by atoms with Crippen LogP contribution in [0.25, 0.3) is 0 Å². The number of anilines is 2. The Morgan fingerprint density at radius 3 is 2.80 bits per heavy atom. The van der Waals surface area contributed by atoms with Gasteiger partial charge in [0.05, 0.1) is 6.54 Å². The zero-order valence-corrected chi connectivity index (χ0v) is 10.4. The smallest absolute Gasteiger partial charge is 0.354 e. The highest BCUT2D eigenvalue weighted by Gasteiger charge is 2.34. The van der Waals surface area contributed by atoms with Crippen LogP contribution < -0.4 is 21.5 Å². The van der Waals surface area contributed by atoms with Crippen LogP contribution in [0.4, 0.5) is 24.9 Å². The number of nitrogens with one attached hydrogen (secondary N) is 2. The molecular weight excluding hydrogens is 277 g/mol. The summed E-state index contributed by atoms with van der Waals surface area (Å²) in [4.78, 5) is 20.0. The van der Waals surface area contributed by atoms with Crippen molar-refractivity contribution in [2.45, 2.75) is 12.6 Å². The van der Waals surface area contributed by atoms with Gasteiger partial charge in [0.15, 0.2) is 5.69 Å². The average Bonchev–Trinajstić information content (AvgIpc) is 2.62. The lowest BCUT2D eigenvalue weighted by atomic mass is 10.3. The quantitative estimate of drug-likeness (QED) is 0.528. The van der Waals surface area contributed by atoms with Gasteiger partial charge in [-0.05, 0) is 6.42 Å². The number of halogens is 3. The molecule has 10 heteroatoms. The number of rotatable bonds is 2. The third-order valence-corrected chi connectivity index (χ3v) is 2.72. The summed E-state index contributed by atoms with van der Waals surface area (Å²) >= 11 is 0. The maximum atomic E-state index is 12.8. The van der Waals surface area contributed by atoms with Gasteiger partial charge >= 0.3 is 6.18 Å². The zero-order chi connectivity index (χ0) is 14.8. The van der Waals surface area contributed by atoms with E-state index in [2.05, 4.69) is 15.3 Å². The molecule has 1 aliphatic rings. The molecule has 1 aromatic heterocycles. The largest absolute Gasteiger partial charge is 0.433 e. The molecule has 0 unspecified atom stereocenters. The van der Waals surface area contributed by atoms with Crippen molar-refractivity contribution in [1.82, 2.24) is 15.3 Å². The molecule has 110 valence electrons. The predicted molar refractivity (Wildman–Crippen MR) is 64.7 cm³/mol. The molecule has 2 rings (SSSR count). The molecule has 0 atom stereocenters. The van der Waals surface area contributed by atoms with Crippen LogP contribution in [0.3, 0.4) is 0 Å². The maximum absolute atomic E-state index is 12.8. The van der Waals surface area contributed by atoms with E-state index in [-0.39, 0.29) is 24.2 Å². The minimum absolute atomic E-state index is 0.0114. The molecular formula is C10H13F3N6O. The van der Waals surface area contributed by atoms with Crippen LogP contribution >= 0.6 is 0 Å². The Labute approximate surface area is 112 Å². The summed E-state index contributed by atoms with van der Waals surface area (Å²) in [5.74, 6) is 4.48. The lowest BCUT2D eigenvalue weighted by Crippen LogP contribution is -2.34. The molecule has 1 aromatic rings. The fraction of sp³-hybridized carbons (Fsp3) is 0.500. The minimum Gasteiger partial charge on any atom is -0.354 e. The maximum Gasteiger partial charge on any atom is 0.433 e. The number of nitrogens with two attached hydrogens (primary N) is 1. The highest BCUT2D eigenvalue weighted by molar-refractivity contribution is 5.81. The van der Waals surface area contributed by atoms with Crippen LogP contribution in [0.15, 0.2) is 6.07 Å². The normalized spacial score (nSPS) is 16.6. The monoisotopic (exact) mass is 290 g/mol. The highest BCUT2D eigenvalue weighted by Crippen LogP contribution is 2.30. The van der Waals surface area contributed by atoms with E-state index < -0.39 is 11.9 Å². The Morgan fingerprint density at radius 1 is 1.40 bits per heavy atom. The Kier molecular flexibility index (Phi) is 3.93. The van der Waals surface area contributed by atoms with Crippen molar-refractivity contribution >= 4 is 17.7 Å². The molecule has 2 heterocycles. The standard InChI is InChI=1S/C10H13F3N6O/c11-10(12,13)6-4-7(17-9(16-6)18-14)19-3-1-2-15-8(20)5-19/h4H,1-3,5,14H2,(H,15,20)(H,16,17,18). The van der Waals surface area contributed by atoms with Crippen LogP contribution in [-0.4, -0.2) is 35.5 Å². The van der Waals surface area contributed by atoms with Gasteiger partial charge in [0, 0.05) is 19.2 Å². The molecule has 0 aliphatic carbocycles. The van der Waals surface area contributed by atoms with Crippen molar-refractivity contribution in [1.29, 1.82) is 0 Å². The molecule has 0 spiro atoms. The number of hydrazine groups is 1. The number of hydrogen-bond acceptors (Lipinski definition) is 6. The van der Waals surface area contributed by atoms with Crippen molar-refractivity contribution < 1.29 is 18.0 Å². The van der Waals surface area contributed by atoms with E-state index in [9.17, 15) is 18.0 Å². The third-order valence-electron chi connectivity index (χ3n) is 2.72. The number of hydrogen-bond donors (Lipinski definition) is 3. The van der Waals surface area contributed by atoms with Crippen molar-refractivity contribution in [2.75, 3.05) is 30.0 Å². The molecule has 0 aromatic carbocycles. The van der Waals surface area contributed by atoms with Crippen molar-refractivity contribution in [2.24, 2.45) is 5.84 Å². The number of amides is 1. The lowest BCUT2D eigenvalue weighted by molar-refractivity contribution is -0.141. The van der Waals surface area contributed by atoms with E-state index in [1.165, 1.54) is 4.90 Å². The first-order valence-corrected chi connectivity index (χ1v) is 5.84. The number of nitrogens with zero attached hydrogens (tertiary/aromatic N) is 3. The molecule has 0 saturated carbocycles. The second kappa shape index (κ2) is 5.49. The Balaban J connectivity index is 2.36. The van der Waals surface area contributed by atoms with Gasteiger partial charge in [-0.25, -0.2) is 10.8 Å². The number of aromatic nitrogens is 2. The molecule has 1 amide bonds. The van der Waals surface area contributed by atoms with Crippen molar-refractivity contribution in [3.8, 4) is 0 Å². The van der Waals surface area contributed by atoms with Gasteiger partial charge in [0.1, 0.15) is 5.82 Å². The van der Waals surface area contributed by atoms with Gasteiger partial charge in [-0.3, -0.25) is 10.2 Å². The van der Waals surface area contributed by atoms with Crippen LogP contribution in [-0.2, 0) is 11.0 Å². The molecule has 20 heavy (non-hydrogen) atoms. The Hall–Kier alpha value is -2.10. The van der Waals surface area contributed by atoms with Crippen LogP contribution in [0, 0.1) is 0 Å². The SMILES string of the molecule is NNc1nc(N2CCCNC(=O)C2)cc(C(F)(F)F)n1. The van der Waals surface area contributed by atoms with Crippen LogP contribution in [0.1, 0.15) is 12.1 Å². The van der Waals surface area contributed by atoms with Gasteiger partial charge in [0.25, 0.3) is 0 Å². The lowest BCUT2D eigenvalue weighted by Gasteiger charge is -2.21. The first-order valence-electron chi connectivity index (χ1n) is 5.84. The van der Waals surface area contributed by atoms with Gasteiger partial charge < -0.3 is 10.2 Å². The number of carbonyl (C=O) groups is 1. The summed E-state index contributed by atoms with van der Waals surface area (Å²) in [6.45, 7) is 0.837. The van der Waals surface area contributed by atoms with E-state index in [1.807, 2.05) is 5.43 Å². The number of alkyl halides is 3. The number of carbonyl (C=O) groups excluding carboxylic acids is 1. The van der Waals surface area contributed by atoms with E-state index in [0.717, 1.165) is 6.07 Å². The third kappa shape index (κ3) is 3.26. The van der Waals surface area contributed by atoms with Crippen LogP contribution in [0.2, 0.25) is 0 Å². The molecule has 0 bridgehead atoms. The number of nitrogen functional groups attached to an aromatic ring is 1. The predicted octanol–water partition coefficient (Wildman–Crippen LogP) is 0.107. The van der Waals surface area contributed by atoms with Gasteiger partial charge in [0.2, 0.25) is 11.9 Å². The molecule has 1 saturated heterocycles. The summed E-state index contributed by atoms with van der Waals surface area (Å²) < 4.78 is 38.3. The Morgan fingerprint density at radius 2 is 2.15 bits per heavy atom. The summed E-state index contributed by atoms with van der Waals surface area (Å²) in [5, 5.41) is 2.63. The fourth-order valence-electron chi connectivity index (χ4n) is 1.81. The van der Waals surface area contributed by atoms with E-state index in [1.54, 1.807) is 0 Å². The van der Waals surface area contributed by atoms with E-state index in [0.29, 0.717) is 19.5 Å². The first-order chi connectivity index (χ1) is 9.40. The summed E-state index contributed by atoms with van der Waals surface area (Å²) in [7, 11) is 0. The average molecular weight is 290 g/mol. The van der Waals surface area contributed by atoms with Gasteiger partial charge in [-0.15, -0.1) is 0 Å². The van der Waals surface area contributed by atoms with Gasteiger partial charge in [-0.1, -0.05) is 0 Å². The second-order valence-electron chi connectivity index (χ2n) is 4.20. The second-order valence-corrected chi connectivity index (χ2v) is 4.20.